The highest BCUT2D eigenvalue weighted by atomic mass is 79.9. The molecule has 1 aromatic heterocycles. The van der Waals surface area contributed by atoms with Gasteiger partial charge in [-0.05, 0) is 43.5 Å². The highest BCUT2D eigenvalue weighted by Gasteiger charge is 2.20. The van der Waals surface area contributed by atoms with Crippen molar-refractivity contribution in [1.82, 2.24) is 10.3 Å². The summed E-state index contributed by atoms with van der Waals surface area (Å²) in [6.07, 6.45) is 4.37. The van der Waals surface area contributed by atoms with Crippen molar-refractivity contribution in [3.63, 3.8) is 0 Å². The molecule has 0 saturated heterocycles. The molecule has 0 spiro atoms. The maximum atomic E-state index is 5.96. The molecule has 1 N–H and O–H groups in total. The van der Waals surface area contributed by atoms with E-state index in [1.165, 1.54) is 12.8 Å². The van der Waals surface area contributed by atoms with Gasteiger partial charge in [-0.3, -0.25) is 4.98 Å². The molecular weight excluding hydrogens is 316 g/mol. The van der Waals surface area contributed by atoms with Crippen LogP contribution in [0.3, 0.4) is 0 Å². The van der Waals surface area contributed by atoms with Crippen LogP contribution in [0.15, 0.2) is 41.0 Å². The minimum Gasteiger partial charge on any atom is -0.457 e. The number of hydrogen-bond acceptors (Lipinski definition) is 3. The number of nitrogens with one attached hydrogen (secondary N) is 1. The Kier molecular flexibility index (Phi) is 4.03. The van der Waals surface area contributed by atoms with E-state index in [-0.39, 0.29) is 0 Å². The van der Waals surface area contributed by atoms with Gasteiger partial charge in [0, 0.05) is 29.3 Å². The van der Waals surface area contributed by atoms with Gasteiger partial charge in [-0.1, -0.05) is 22.0 Å². The number of ether oxygens (including phenoxy) is 1. The van der Waals surface area contributed by atoms with Crippen LogP contribution in [0.2, 0.25) is 0 Å². The Hall–Kier alpha value is -1.39. The molecule has 1 aliphatic carbocycles. The smallest absolute Gasteiger partial charge is 0.131 e. The van der Waals surface area contributed by atoms with Crippen LogP contribution in [0.1, 0.15) is 24.1 Å². The second-order valence-corrected chi connectivity index (χ2v) is 6.07. The van der Waals surface area contributed by atoms with E-state index in [1.54, 1.807) is 6.20 Å². The molecule has 1 heterocycles. The van der Waals surface area contributed by atoms with Crippen molar-refractivity contribution in [3.05, 3.63) is 52.3 Å². The van der Waals surface area contributed by atoms with Crippen LogP contribution >= 0.6 is 15.9 Å². The zero-order chi connectivity index (χ0) is 13.9. The standard InChI is InChI=1S/C16H17BrN2O/c1-11-2-3-12(17)8-16(11)20-15-6-7-18-14(9-15)10-19-13-4-5-13/h2-3,6-9,13,19H,4-5,10H2,1H3. The van der Waals surface area contributed by atoms with Gasteiger partial charge in [-0.25, -0.2) is 0 Å². The lowest BCUT2D eigenvalue weighted by molar-refractivity contribution is 0.476. The van der Waals surface area contributed by atoms with Crippen molar-refractivity contribution in [3.8, 4) is 11.5 Å². The molecule has 3 rings (SSSR count). The molecule has 20 heavy (non-hydrogen) atoms. The van der Waals surface area contributed by atoms with Crippen molar-refractivity contribution >= 4 is 15.9 Å². The average molecular weight is 333 g/mol. The Morgan fingerprint density at radius 3 is 2.95 bits per heavy atom. The molecule has 104 valence electrons. The molecule has 0 atom stereocenters. The first-order valence-corrected chi connectivity index (χ1v) is 7.62. The van der Waals surface area contributed by atoms with Crippen LogP contribution < -0.4 is 10.1 Å². The van der Waals surface area contributed by atoms with Gasteiger partial charge in [-0.15, -0.1) is 0 Å². The minimum absolute atomic E-state index is 0.689. The van der Waals surface area contributed by atoms with Crippen molar-refractivity contribution in [2.45, 2.75) is 32.4 Å². The number of nitrogens with zero attached hydrogens (tertiary/aromatic N) is 1. The van der Waals surface area contributed by atoms with E-state index in [0.29, 0.717) is 6.04 Å². The highest BCUT2D eigenvalue weighted by molar-refractivity contribution is 9.10. The van der Waals surface area contributed by atoms with E-state index in [1.807, 2.05) is 37.3 Å². The van der Waals surface area contributed by atoms with E-state index in [0.717, 1.165) is 33.8 Å². The second-order valence-electron chi connectivity index (χ2n) is 5.15. The molecule has 0 bridgehead atoms. The molecule has 0 radical (unpaired) electrons. The molecule has 1 fully saturated rings. The SMILES string of the molecule is Cc1ccc(Br)cc1Oc1ccnc(CNC2CC2)c1. The predicted molar refractivity (Wildman–Crippen MR) is 83.1 cm³/mol. The van der Waals surface area contributed by atoms with Gasteiger partial charge in [-0.2, -0.15) is 0 Å². The third kappa shape index (κ3) is 3.58. The quantitative estimate of drug-likeness (QED) is 0.891. The molecule has 4 heteroatoms. The number of aryl methyl sites for hydroxylation is 1. The summed E-state index contributed by atoms with van der Waals surface area (Å²) >= 11 is 3.47. The predicted octanol–water partition coefficient (Wildman–Crippen LogP) is 4.20. The number of halogens is 1. The Labute approximate surface area is 127 Å². The average Bonchev–Trinajstić information content (AvgIpc) is 3.25. The molecule has 2 aromatic rings. The maximum Gasteiger partial charge on any atom is 0.131 e. The Morgan fingerprint density at radius 2 is 2.15 bits per heavy atom. The maximum absolute atomic E-state index is 5.96. The number of rotatable bonds is 5. The topological polar surface area (TPSA) is 34.1 Å². The Bertz CT molecular complexity index is 611. The zero-order valence-corrected chi connectivity index (χ0v) is 13.0. The fourth-order valence-electron chi connectivity index (χ4n) is 1.96. The normalized spacial score (nSPS) is 14.3. The summed E-state index contributed by atoms with van der Waals surface area (Å²) < 4.78 is 6.97. The highest BCUT2D eigenvalue weighted by Crippen LogP contribution is 2.28. The van der Waals surface area contributed by atoms with Gasteiger partial charge in [0.25, 0.3) is 0 Å². The zero-order valence-electron chi connectivity index (χ0n) is 11.4. The summed E-state index contributed by atoms with van der Waals surface area (Å²) in [6, 6.07) is 10.6. The Balaban J connectivity index is 1.72. The van der Waals surface area contributed by atoms with Gasteiger partial charge in [0.2, 0.25) is 0 Å². The third-order valence-electron chi connectivity index (χ3n) is 3.32. The lowest BCUT2D eigenvalue weighted by Crippen LogP contribution is -2.16. The number of hydrogen-bond donors (Lipinski definition) is 1. The number of pyridine rings is 1. The molecular formula is C16H17BrN2O. The van der Waals surface area contributed by atoms with Gasteiger partial charge in [0.15, 0.2) is 0 Å². The Morgan fingerprint density at radius 1 is 1.30 bits per heavy atom. The lowest BCUT2D eigenvalue weighted by Gasteiger charge is -2.10. The molecule has 1 aliphatic rings. The van der Waals surface area contributed by atoms with E-state index >= 15 is 0 Å². The first-order valence-electron chi connectivity index (χ1n) is 6.83. The summed E-state index contributed by atoms with van der Waals surface area (Å²) in [5.74, 6) is 1.69. The molecule has 0 aliphatic heterocycles. The van der Waals surface area contributed by atoms with E-state index in [2.05, 4.69) is 26.2 Å². The lowest BCUT2D eigenvalue weighted by atomic mass is 10.2. The first kappa shape index (κ1) is 13.6. The van der Waals surface area contributed by atoms with E-state index in [4.69, 9.17) is 4.74 Å². The summed E-state index contributed by atoms with van der Waals surface area (Å²) in [6.45, 7) is 2.85. The summed E-state index contributed by atoms with van der Waals surface area (Å²) in [5.41, 5.74) is 2.13. The summed E-state index contributed by atoms with van der Waals surface area (Å²) in [5, 5.41) is 3.46. The van der Waals surface area contributed by atoms with Crippen molar-refractivity contribution in [2.24, 2.45) is 0 Å². The third-order valence-corrected chi connectivity index (χ3v) is 3.81. The van der Waals surface area contributed by atoms with E-state index < -0.39 is 0 Å². The van der Waals surface area contributed by atoms with Crippen molar-refractivity contribution < 1.29 is 4.74 Å². The van der Waals surface area contributed by atoms with Crippen LogP contribution in [0.25, 0.3) is 0 Å². The monoisotopic (exact) mass is 332 g/mol. The summed E-state index contributed by atoms with van der Waals surface area (Å²) in [7, 11) is 0. The number of aromatic nitrogens is 1. The van der Waals surface area contributed by atoms with Crippen molar-refractivity contribution in [1.29, 1.82) is 0 Å². The van der Waals surface area contributed by atoms with Crippen LogP contribution in [-0.2, 0) is 6.54 Å². The number of benzene rings is 1. The molecule has 3 nitrogen and oxygen atoms in total. The minimum atomic E-state index is 0.689. The second kappa shape index (κ2) is 5.94. The van der Waals surface area contributed by atoms with Crippen LogP contribution in [0.5, 0.6) is 11.5 Å². The van der Waals surface area contributed by atoms with Gasteiger partial charge in [0.1, 0.15) is 11.5 Å². The van der Waals surface area contributed by atoms with Gasteiger partial charge in [0.05, 0.1) is 5.69 Å². The summed E-state index contributed by atoms with van der Waals surface area (Å²) in [4.78, 5) is 4.37. The van der Waals surface area contributed by atoms with Gasteiger partial charge < -0.3 is 10.1 Å². The van der Waals surface area contributed by atoms with Crippen LogP contribution in [0, 0.1) is 6.92 Å². The largest absolute Gasteiger partial charge is 0.457 e. The van der Waals surface area contributed by atoms with Gasteiger partial charge >= 0.3 is 0 Å². The van der Waals surface area contributed by atoms with Crippen LogP contribution in [-0.4, -0.2) is 11.0 Å². The van der Waals surface area contributed by atoms with Crippen LogP contribution in [0.4, 0.5) is 0 Å². The molecule has 1 saturated carbocycles. The van der Waals surface area contributed by atoms with Crippen molar-refractivity contribution in [2.75, 3.05) is 0 Å². The van der Waals surface area contributed by atoms with E-state index in [9.17, 15) is 0 Å². The first-order chi connectivity index (χ1) is 9.70. The fourth-order valence-corrected chi connectivity index (χ4v) is 2.30. The molecule has 1 aromatic carbocycles. The fraction of sp³-hybridized carbons (Fsp3) is 0.312. The molecule has 0 amide bonds. The molecule has 0 unspecified atom stereocenters.